The minimum Gasteiger partial charge on any atom is -0.311 e. The predicted octanol–water partition coefficient (Wildman–Crippen LogP) is 3.47. The van der Waals surface area contributed by atoms with Crippen LogP contribution in [-0.2, 0) is 6.54 Å². The van der Waals surface area contributed by atoms with Crippen LogP contribution >= 0.6 is 11.6 Å². The Morgan fingerprint density at radius 3 is 2.89 bits per heavy atom. The summed E-state index contributed by atoms with van der Waals surface area (Å²) >= 11 is 6.33. The molecule has 106 valence electrons. The van der Waals surface area contributed by atoms with Gasteiger partial charge in [0.1, 0.15) is 0 Å². The number of hydrogen-bond donors (Lipinski definition) is 1. The summed E-state index contributed by atoms with van der Waals surface area (Å²) in [6.45, 7) is 10.9. The average Bonchev–Trinajstić information content (AvgIpc) is 2.32. The molecule has 1 heterocycles. The smallest absolute Gasteiger partial charge is 0.0453 e. The molecule has 0 aromatic heterocycles. The van der Waals surface area contributed by atoms with Gasteiger partial charge in [-0.3, -0.25) is 4.90 Å². The molecule has 1 atom stereocenters. The summed E-state index contributed by atoms with van der Waals surface area (Å²) in [5, 5.41) is 4.52. The molecular formula is C16H25ClN2. The maximum absolute atomic E-state index is 6.33. The van der Waals surface area contributed by atoms with Crippen LogP contribution in [0.15, 0.2) is 18.2 Å². The van der Waals surface area contributed by atoms with Gasteiger partial charge in [-0.15, -0.1) is 0 Å². The molecule has 1 aromatic carbocycles. The van der Waals surface area contributed by atoms with Crippen molar-refractivity contribution in [1.82, 2.24) is 10.2 Å². The van der Waals surface area contributed by atoms with Gasteiger partial charge in [0.2, 0.25) is 0 Å². The number of halogens is 1. The molecule has 1 aliphatic rings. The van der Waals surface area contributed by atoms with Crippen molar-refractivity contribution in [3.63, 3.8) is 0 Å². The van der Waals surface area contributed by atoms with Crippen LogP contribution < -0.4 is 5.32 Å². The molecule has 1 fully saturated rings. The van der Waals surface area contributed by atoms with E-state index in [9.17, 15) is 0 Å². The fraction of sp³-hybridized carbons (Fsp3) is 0.625. The van der Waals surface area contributed by atoms with Gasteiger partial charge in [0, 0.05) is 37.2 Å². The minimum atomic E-state index is 0.623. The largest absolute Gasteiger partial charge is 0.311 e. The third-order valence-electron chi connectivity index (χ3n) is 3.70. The summed E-state index contributed by atoms with van der Waals surface area (Å²) in [7, 11) is 0. The van der Waals surface area contributed by atoms with Gasteiger partial charge in [0.25, 0.3) is 0 Å². The van der Waals surface area contributed by atoms with Crippen LogP contribution in [0.5, 0.6) is 0 Å². The zero-order chi connectivity index (χ0) is 13.8. The van der Waals surface area contributed by atoms with Crippen molar-refractivity contribution in [1.29, 1.82) is 0 Å². The highest BCUT2D eigenvalue weighted by molar-refractivity contribution is 6.31. The Labute approximate surface area is 122 Å². The molecule has 0 spiro atoms. The van der Waals surface area contributed by atoms with Gasteiger partial charge in [0.05, 0.1) is 0 Å². The normalized spacial score (nSPS) is 21.0. The number of aryl methyl sites for hydroxylation is 1. The molecule has 0 amide bonds. The lowest BCUT2D eigenvalue weighted by Crippen LogP contribution is -2.50. The molecule has 1 aliphatic heterocycles. The number of rotatable bonds is 4. The first-order valence-electron chi connectivity index (χ1n) is 7.25. The van der Waals surface area contributed by atoms with E-state index in [1.165, 1.54) is 17.5 Å². The topological polar surface area (TPSA) is 15.3 Å². The predicted molar refractivity (Wildman–Crippen MR) is 82.7 cm³/mol. The lowest BCUT2D eigenvalue weighted by atomic mass is 10.0. The van der Waals surface area contributed by atoms with Crippen LogP contribution in [0.2, 0.25) is 5.02 Å². The van der Waals surface area contributed by atoms with E-state index in [1.807, 2.05) is 0 Å². The monoisotopic (exact) mass is 280 g/mol. The van der Waals surface area contributed by atoms with Gasteiger partial charge in [-0.05, 0) is 36.5 Å². The number of hydrogen-bond acceptors (Lipinski definition) is 2. The third-order valence-corrected chi connectivity index (χ3v) is 4.05. The first-order chi connectivity index (χ1) is 9.04. The zero-order valence-electron chi connectivity index (χ0n) is 12.2. The molecule has 2 nitrogen and oxygen atoms in total. The van der Waals surface area contributed by atoms with E-state index in [-0.39, 0.29) is 0 Å². The van der Waals surface area contributed by atoms with E-state index in [0.717, 1.165) is 37.1 Å². The second kappa shape index (κ2) is 6.74. The Kier molecular flexibility index (Phi) is 5.26. The molecule has 1 N–H and O–H groups in total. The summed E-state index contributed by atoms with van der Waals surface area (Å²) < 4.78 is 0. The fourth-order valence-electron chi connectivity index (χ4n) is 2.79. The fourth-order valence-corrected chi connectivity index (χ4v) is 3.08. The van der Waals surface area contributed by atoms with E-state index in [0.29, 0.717) is 6.04 Å². The van der Waals surface area contributed by atoms with E-state index in [4.69, 9.17) is 11.6 Å². The van der Waals surface area contributed by atoms with Crippen molar-refractivity contribution in [3.05, 3.63) is 34.3 Å². The van der Waals surface area contributed by atoms with Crippen LogP contribution in [0.25, 0.3) is 0 Å². The molecule has 1 unspecified atom stereocenters. The van der Waals surface area contributed by atoms with Gasteiger partial charge in [-0.25, -0.2) is 0 Å². The molecule has 0 aliphatic carbocycles. The Bertz CT molecular complexity index is 417. The Morgan fingerprint density at radius 1 is 1.42 bits per heavy atom. The maximum Gasteiger partial charge on any atom is 0.0453 e. The van der Waals surface area contributed by atoms with Gasteiger partial charge in [-0.1, -0.05) is 37.6 Å². The lowest BCUT2D eigenvalue weighted by Gasteiger charge is -2.34. The summed E-state index contributed by atoms with van der Waals surface area (Å²) in [6, 6.07) is 6.99. The molecular weight excluding hydrogens is 256 g/mol. The van der Waals surface area contributed by atoms with Crippen molar-refractivity contribution in [2.75, 3.05) is 19.6 Å². The SMILES string of the molecule is Cc1ccc(CN2CCNC(CC(C)C)C2)c(Cl)c1. The van der Waals surface area contributed by atoms with Crippen molar-refractivity contribution >= 4 is 11.6 Å². The number of nitrogens with zero attached hydrogens (tertiary/aromatic N) is 1. The first-order valence-corrected chi connectivity index (χ1v) is 7.63. The number of piperazine rings is 1. The first kappa shape index (κ1) is 14.8. The summed E-state index contributed by atoms with van der Waals surface area (Å²) in [5.74, 6) is 0.750. The molecule has 1 aromatic rings. The van der Waals surface area contributed by atoms with Crippen molar-refractivity contribution in [3.8, 4) is 0 Å². The number of nitrogens with one attached hydrogen (secondary N) is 1. The highest BCUT2D eigenvalue weighted by atomic mass is 35.5. The van der Waals surface area contributed by atoms with Crippen LogP contribution in [0, 0.1) is 12.8 Å². The van der Waals surface area contributed by atoms with E-state index >= 15 is 0 Å². The maximum atomic E-state index is 6.33. The lowest BCUT2D eigenvalue weighted by molar-refractivity contribution is 0.180. The standard InChI is InChI=1S/C16H25ClN2/c1-12(2)8-15-11-19(7-6-18-15)10-14-5-4-13(3)9-16(14)17/h4-5,9,12,15,18H,6-8,10-11H2,1-3H3. The molecule has 2 rings (SSSR count). The molecule has 0 radical (unpaired) electrons. The Morgan fingerprint density at radius 2 is 2.21 bits per heavy atom. The van der Waals surface area contributed by atoms with E-state index < -0.39 is 0 Å². The molecule has 3 heteroatoms. The van der Waals surface area contributed by atoms with E-state index in [2.05, 4.69) is 49.2 Å². The van der Waals surface area contributed by atoms with Crippen molar-refractivity contribution in [2.24, 2.45) is 5.92 Å². The second-order valence-electron chi connectivity index (χ2n) is 6.11. The molecule has 19 heavy (non-hydrogen) atoms. The van der Waals surface area contributed by atoms with Crippen LogP contribution in [0.4, 0.5) is 0 Å². The van der Waals surface area contributed by atoms with Gasteiger partial charge >= 0.3 is 0 Å². The van der Waals surface area contributed by atoms with Crippen molar-refractivity contribution < 1.29 is 0 Å². The zero-order valence-corrected chi connectivity index (χ0v) is 13.0. The molecule has 0 bridgehead atoms. The van der Waals surface area contributed by atoms with Crippen LogP contribution in [0.3, 0.4) is 0 Å². The average molecular weight is 281 g/mol. The van der Waals surface area contributed by atoms with Crippen LogP contribution in [0.1, 0.15) is 31.4 Å². The Hall–Kier alpha value is -0.570. The van der Waals surface area contributed by atoms with Gasteiger partial charge in [0.15, 0.2) is 0 Å². The minimum absolute atomic E-state index is 0.623. The summed E-state index contributed by atoms with van der Waals surface area (Å²) in [5.41, 5.74) is 2.48. The Balaban J connectivity index is 1.94. The second-order valence-corrected chi connectivity index (χ2v) is 6.52. The summed E-state index contributed by atoms with van der Waals surface area (Å²) in [6.07, 6.45) is 1.25. The van der Waals surface area contributed by atoms with Crippen LogP contribution in [-0.4, -0.2) is 30.6 Å². The quantitative estimate of drug-likeness (QED) is 0.909. The van der Waals surface area contributed by atoms with Gasteiger partial charge in [-0.2, -0.15) is 0 Å². The third kappa shape index (κ3) is 4.48. The van der Waals surface area contributed by atoms with E-state index in [1.54, 1.807) is 0 Å². The summed E-state index contributed by atoms with van der Waals surface area (Å²) in [4.78, 5) is 2.51. The molecule has 1 saturated heterocycles. The van der Waals surface area contributed by atoms with Gasteiger partial charge < -0.3 is 5.32 Å². The molecule has 0 saturated carbocycles. The highest BCUT2D eigenvalue weighted by Crippen LogP contribution is 2.20. The van der Waals surface area contributed by atoms with Crippen molar-refractivity contribution in [2.45, 2.75) is 39.8 Å². The highest BCUT2D eigenvalue weighted by Gasteiger charge is 2.20. The number of benzene rings is 1.